The van der Waals surface area contributed by atoms with Crippen LogP contribution >= 0.6 is 0 Å². The number of anilines is 1. The first kappa shape index (κ1) is 13.4. The fourth-order valence-corrected chi connectivity index (χ4v) is 1.95. The lowest BCUT2D eigenvalue weighted by molar-refractivity contribution is 0.384. The summed E-state index contributed by atoms with van der Waals surface area (Å²) in [5.41, 5.74) is 2.86. The predicted octanol–water partition coefficient (Wildman–Crippen LogP) is 4.01. The maximum Gasteiger partial charge on any atom is 0.170 e. The Bertz CT molecular complexity index is 554. The number of aryl methyl sites for hydroxylation is 1. The van der Waals surface area contributed by atoms with Gasteiger partial charge in [-0.2, -0.15) is 0 Å². The number of methoxy groups -OCH3 is 1. The van der Waals surface area contributed by atoms with Crippen LogP contribution in [0.2, 0.25) is 0 Å². The van der Waals surface area contributed by atoms with Gasteiger partial charge in [0, 0.05) is 17.8 Å². The lowest BCUT2D eigenvalue weighted by Gasteiger charge is -2.10. The van der Waals surface area contributed by atoms with E-state index >= 15 is 0 Å². The van der Waals surface area contributed by atoms with Gasteiger partial charge in [-0.25, -0.2) is 4.39 Å². The Labute approximate surface area is 113 Å². The molecule has 0 saturated carbocycles. The van der Waals surface area contributed by atoms with Crippen LogP contribution in [0.3, 0.4) is 0 Å². The van der Waals surface area contributed by atoms with Crippen LogP contribution in [0.25, 0.3) is 0 Å². The van der Waals surface area contributed by atoms with E-state index in [1.165, 1.54) is 12.7 Å². The minimum absolute atomic E-state index is 0.279. The number of benzene rings is 2. The van der Waals surface area contributed by atoms with Crippen LogP contribution in [-0.2, 0) is 13.0 Å². The quantitative estimate of drug-likeness (QED) is 0.876. The molecule has 0 amide bonds. The largest absolute Gasteiger partial charge is 0.494 e. The molecular formula is C16H18FNO. The van der Waals surface area contributed by atoms with Crippen molar-refractivity contribution in [3.63, 3.8) is 0 Å². The van der Waals surface area contributed by atoms with Gasteiger partial charge in [-0.1, -0.05) is 31.2 Å². The standard InChI is InChI=1S/C16H18FNO/c1-3-12-6-4-8-14(10-12)18-11-13-7-5-9-15(19-2)16(13)17/h4-10,18H,3,11H2,1-2H3. The average molecular weight is 259 g/mol. The van der Waals surface area contributed by atoms with Gasteiger partial charge >= 0.3 is 0 Å². The SMILES string of the molecule is CCc1cccc(NCc2cccc(OC)c2F)c1. The van der Waals surface area contributed by atoms with Crippen LogP contribution in [0.4, 0.5) is 10.1 Å². The van der Waals surface area contributed by atoms with Gasteiger partial charge in [-0.3, -0.25) is 0 Å². The van der Waals surface area contributed by atoms with E-state index in [0.29, 0.717) is 12.1 Å². The normalized spacial score (nSPS) is 10.3. The molecule has 0 aliphatic rings. The smallest absolute Gasteiger partial charge is 0.170 e. The van der Waals surface area contributed by atoms with Gasteiger partial charge in [0.2, 0.25) is 0 Å². The van der Waals surface area contributed by atoms with Gasteiger partial charge in [0.05, 0.1) is 7.11 Å². The number of halogens is 1. The molecule has 0 aromatic heterocycles. The lowest BCUT2D eigenvalue weighted by Crippen LogP contribution is -2.03. The molecule has 3 heteroatoms. The van der Waals surface area contributed by atoms with Crippen molar-refractivity contribution in [3.05, 3.63) is 59.4 Å². The van der Waals surface area contributed by atoms with Crippen molar-refractivity contribution < 1.29 is 9.13 Å². The molecule has 0 unspecified atom stereocenters. The van der Waals surface area contributed by atoms with E-state index < -0.39 is 0 Å². The third-order valence-corrected chi connectivity index (χ3v) is 3.08. The van der Waals surface area contributed by atoms with Gasteiger partial charge in [0.15, 0.2) is 11.6 Å². The number of nitrogens with one attached hydrogen (secondary N) is 1. The summed E-state index contributed by atoms with van der Waals surface area (Å²) in [5, 5.41) is 3.23. The van der Waals surface area contributed by atoms with Crippen LogP contribution < -0.4 is 10.1 Å². The molecular weight excluding hydrogens is 241 g/mol. The van der Waals surface area contributed by atoms with Crippen LogP contribution in [0.1, 0.15) is 18.1 Å². The van der Waals surface area contributed by atoms with Crippen LogP contribution in [0.5, 0.6) is 5.75 Å². The van der Waals surface area contributed by atoms with Crippen molar-refractivity contribution in [2.24, 2.45) is 0 Å². The molecule has 100 valence electrons. The molecule has 0 aliphatic carbocycles. The Hall–Kier alpha value is -2.03. The highest BCUT2D eigenvalue weighted by Gasteiger charge is 2.07. The second kappa shape index (κ2) is 6.23. The van der Waals surface area contributed by atoms with Crippen LogP contribution in [-0.4, -0.2) is 7.11 Å². The van der Waals surface area contributed by atoms with Crippen LogP contribution in [0, 0.1) is 5.82 Å². The summed E-state index contributed by atoms with van der Waals surface area (Å²) in [7, 11) is 1.47. The molecule has 0 bridgehead atoms. The Morgan fingerprint density at radius 1 is 1.16 bits per heavy atom. The maximum absolute atomic E-state index is 14.0. The highest BCUT2D eigenvalue weighted by atomic mass is 19.1. The summed E-state index contributed by atoms with van der Waals surface area (Å²) < 4.78 is 18.9. The molecule has 2 aromatic carbocycles. The van der Waals surface area contributed by atoms with Crippen molar-refractivity contribution in [2.75, 3.05) is 12.4 Å². The Morgan fingerprint density at radius 2 is 1.95 bits per heavy atom. The van der Waals surface area contributed by atoms with E-state index in [1.807, 2.05) is 12.1 Å². The van der Waals surface area contributed by atoms with Gasteiger partial charge in [0.1, 0.15) is 0 Å². The van der Waals surface area contributed by atoms with Crippen LogP contribution in [0.15, 0.2) is 42.5 Å². The van der Waals surface area contributed by atoms with E-state index in [2.05, 4.69) is 24.4 Å². The first-order chi connectivity index (χ1) is 9.24. The molecule has 0 fully saturated rings. The van der Waals surface area contributed by atoms with E-state index in [-0.39, 0.29) is 11.6 Å². The van der Waals surface area contributed by atoms with Crippen molar-refractivity contribution in [3.8, 4) is 5.75 Å². The van der Waals surface area contributed by atoms with Crippen molar-refractivity contribution in [1.29, 1.82) is 0 Å². The maximum atomic E-state index is 14.0. The van der Waals surface area contributed by atoms with Crippen molar-refractivity contribution in [1.82, 2.24) is 0 Å². The number of rotatable bonds is 5. The van der Waals surface area contributed by atoms with Crippen molar-refractivity contribution in [2.45, 2.75) is 19.9 Å². The zero-order valence-corrected chi connectivity index (χ0v) is 11.2. The summed E-state index contributed by atoms with van der Waals surface area (Å²) in [5.74, 6) is -0.0224. The average Bonchev–Trinajstić information content (AvgIpc) is 2.46. The first-order valence-corrected chi connectivity index (χ1v) is 6.38. The summed E-state index contributed by atoms with van der Waals surface area (Å²) >= 11 is 0. The van der Waals surface area contributed by atoms with Gasteiger partial charge < -0.3 is 10.1 Å². The third kappa shape index (κ3) is 3.25. The molecule has 19 heavy (non-hydrogen) atoms. The second-order valence-electron chi connectivity index (χ2n) is 4.34. The molecule has 0 heterocycles. The molecule has 2 nitrogen and oxygen atoms in total. The topological polar surface area (TPSA) is 21.3 Å². The van der Waals surface area contributed by atoms with Gasteiger partial charge in [-0.05, 0) is 30.2 Å². The summed E-state index contributed by atoms with van der Waals surface area (Å²) in [4.78, 5) is 0. The van der Waals surface area contributed by atoms with Gasteiger partial charge in [-0.15, -0.1) is 0 Å². The molecule has 1 N–H and O–H groups in total. The number of ether oxygens (including phenoxy) is 1. The molecule has 0 spiro atoms. The monoisotopic (exact) mass is 259 g/mol. The highest BCUT2D eigenvalue weighted by Crippen LogP contribution is 2.21. The number of hydrogen-bond acceptors (Lipinski definition) is 2. The zero-order valence-electron chi connectivity index (χ0n) is 11.2. The third-order valence-electron chi connectivity index (χ3n) is 3.08. The first-order valence-electron chi connectivity index (χ1n) is 6.38. The molecule has 2 aromatic rings. The molecule has 0 saturated heterocycles. The molecule has 0 aliphatic heterocycles. The number of hydrogen-bond donors (Lipinski definition) is 1. The Morgan fingerprint density at radius 3 is 2.68 bits per heavy atom. The van der Waals surface area contributed by atoms with Gasteiger partial charge in [0.25, 0.3) is 0 Å². The summed E-state index contributed by atoms with van der Waals surface area (Å²) in [6.07, 6.45) is 0.989. The summed E-state index contributed by atoms with van der Waals surface area (Å²) in [6.45, 7) is 2.55. The lowest BCUT2D eigenvalue weighted by atomic mass is 10.1. The minimum Gasteiger partial charge on any atom is -0.494 e. The van der Waals surface area contributed by atoms with E-state index in [1.54, 1.807) is 18.2 Å². The van der Waals surface area contributed by atoms with E-state index in [9.17, 15) is 4.39 Å². The molecule has 0 radical (unpaired) electrons. The molecule has 0 atom stereocenters. The fourth-order valence-electron chi connectivity index (χ4n) is 1.95. The minimum atomic E-state index is -0.302. The van der Waals surface area contributed by atoms with Crippen molar-refractivity contribution >= 4 is 5.69 Å². The Kier molecular flexibility index (Phi) is 4.39. The second-order valence-corrected chi connectivity index (χ2v) is 4.34. The summed E-state index contributed by atoms with van der Waals surface area (Å²) in [6, 6.07) is 13.3. The molecule has 2 rings (SSSR count). The fraction of sp³-hybridized carbons (Fsp3) is 0.250. The van der Waals surface area contributed by atoms with E-state index in [4.69, 9.17) is 4.74 Å². The highest BCUT2D eigenvalue weighted by molar-refractivity contribution is 5.46. The zero-order chi connectivity index (χ0) is 13.7. The van der Waals surface area contributed by atoms with E-state index in [0.717, 1.165) is 12.1 Å². The predicted molar refractivity (Wildman–Crippen MR) is 76.1 cm³/mol. The Balaban J connectivity index is 2.10.